The van der Waals surface area contributed by atoms with Gasteiger partial charge in [-0.3, -0.25) is 0 Å². The average Bonchev–Trinajstić information content (AvgIpc) is 2.27. The van der Waals surface area contributed by atoms with Crippen molar-refractivity contribution in [3.8, 4) is 5.75 Å². The molecule has 0 bridgehead atoms. The van der Waals surface area contributed by atoms with Crippen LogP contribution in [-0.4, -0.2) is 6.61 Å². The molecule has 0 saturated heterocycles. The normalized spacial score (nSPS) is 11.6. The second kappa shape index (κ2) is 6.38. The van der Waals surface area contributed by atoms with Crippen LogP contribution in [0.4, 0.5) is 0 Å². The molecule has 2 nitrogen and oxygen atoms in total. The molecular weight excluding hydrogens is 301 g/mol. The van der Waals surface area contributed by atoms with E-state index in [4.69, 9.17) is 33.7 Å². The van der Waals surface area contributed by atoms with E-state index in [1.54, 1.807) is 0 Å². The molecule has 0 amide bonds. The van der Waals surface area contributed by atoms with E-state index in [-0.39, 0.29) is 6.61 Å². The Morgan fingerprint density at radius 1 is 1.53 bits per heavy atom. The van der Waals surface area contributed by atoms with E-state index < -0.39 is 0 Å². The third-order valence-electron chi connectivity index (χ3n) is 1.73. The van der Waals surface area contributed by atoms with E-state index in [0.29, 0.717) is 11.6 Å². The van der Waals surface area contributed by atoms with E-state index in [1.165, 1.54) is 5.54 Å². The molecule has 0 aromatic heterocycles. The van der Waals surface area contributed by atoms with Gasteiger partial charge in [-0.05, 0) is 23.8 Å². The zero-order valence-electron chi connectivity index (χ0n) is 7.84. The molecule has 82 valence electrons. The van der Waals surface area contributed by atoms with Crippen LogP contribution in [0.3, 0.4) is 0 Å². The second-order valence-electron chi connectivity index (χ2n) is 2.80. The lowest BCUT2D eigenvalue weighted by molar-refractivity contribution is 0.359. The van der Waals surface area contributed by atoms with E-state index in [2.05, 4.69) is 15.9 Å². The Labute approximate surface area is 107 Å². The second-order valence-corrected chi connectivity index (χ2v) is 4.36. The molecule has 0 radical (unpaired) electrons. The number of hydrogen-bond donors (Lipinski definition) is 1. The first-order valence-electron chi connectivity index (χ1n) is 4.23. The van der Waals surface area contributed by atoms with Gasteiger partial charge < -0.3 is 10.5 Å². The molecule has 0 unspecified atom stereocenters. The molecule has 0 atom stereocenters. The Morgan fingerprint density at radius 3 is 2.87 bits per heavy atom. The summed E-state index contributed by atoms with van der Waals surface area (Å²) in [5.41, 5.74) is 7.82. The molecule has 1 rings (SSSR count). The predicted octanol–water partition coefficient (Wildman–Crippen LogP) is 3.61. The van der Waals surface area contributed by atoms with Crippen LogP contribution < -0.4 is 10.5 Å². The van der Waals surface area contributed by atoms with Gasteiger partial charge in [0.15, 0.2) is 0 Å². The minimum Gasteiger partial charge on any atom is -0.488 e. The molecule has 1 aromatic carbocycles. The quantitative estimate of drug-likeness (QED) is 0.922. The summed E-state index contributed by atoms with van der Waals surface area (Å²) in [7, 11) is 0. The van der Waals surface area contributed by atoms with Crippen LogP contribution in [0.5, 0.6) is 5.75 Å². The van der Waals surface area contributed by atoms with Crippen molar-refractivity contribution in [2.24, 2.45) is 5.73 Å². The number of hydrogen-bond acceptors (Lipinski definition) is 2. The minimum atomic E-state index is 0.261. The fourth-order valence-corrected chi connectivity index (χ4v) is 1.51. The third-order valence-corrected chi connectivity index (χ3v) is 3.10. The Kier molecular flexibility index (Phi) is 5.47. The highest BCUT2D eigenvalue weighted by molar-refractivity contribution is 9.10. The summed E-state index contributed by atoms with van der Waals surface area (Å²) in [5, 5.41) is 0.453. The van der Waals surface area contributed by atoms with Gasteiger partial charge in [0.1, 0.15) is 12.4 Å². The van der Waals surface area contributed by atoms with Gasteiger partial charge in [0, 0.05) is 16.6 Å². The maximum atomic E-state index is 5.69. The zero-order valence-corrected chi connectivity index (χ0v) is 10.9. The highest BCUT2D eigenvalue weighted by Crippen LogP contribution is 2.22. The van der Waals surface area contributed by atoms with E-state index in [9.17, 15) is 0 Å². The van der Waals surface area contributed by atoms with Gasteiger partial charge in [-0.25, -0.2) is 0 Å². The van der Waals surface area contributed by atoms with E-state index in [0.717, 1.165) is 15.8 Å². The lowest BCUT2D eigenvalue weighted by Gasteiger charge is -2.07. The van der Waals surface area contributed by atoms with Crippen molar-refractivity contribution in [1.82, 2.24) is 0 Å². The molecule has 0 spiro atoms. The maximum Gasteiger partial charge on any atom is 0.125 e. The molecule has 2 N–H and O–H groups in total. The maximum absolute atomic E-state index is 5.69. The molecule has 0 heterocycles. The standard InChI is InChI=1S/C10H10BrCl2NO/c11-10-2-1-9(3-7(10)5-14)15-6-8(13)4-12/h1-4H,5-6,14H2/b8-4-. The summed E-state index contributed by atoms with van der Waals surface area (Å²) in [6.07, 6.45) is 0. The average molecular weight is 311 g/mol. The van der Waals surface area contributed by atoms with Crippen LogP contribution in [0, 0.1) is 0 Å². The molecule has 0 fully saturated rings. The molecule has 0 aliphatic rings. The molecule has 0 saturated carbocycles. The van der Waals surface area contributed by atoms with Crippen molar-refractivity contribution in [3.63, 3.8) is 0 Å². The molecular formula is C10H10BrCl2NO. The number of nitrogens with two attached hydrogens (primary N) is 1. The van der Waals surface area contributed by atoms with E-state index >= 15 is 0 Å². The first-order chi connectivity index (χ1) is 7.17. The Hall–Kier alpha value is -0.220. The van der Waals surface area contributed by atoms with Crippen molar-refractivity contribution in [3.05, 3.63) is 38.8 Å². The van der Waals surface area contributed by atoms with Crippen molar-refractivity contribution in [2.75, 3.05) is 6.61 Å². The van der Waals surface area contributed by atoms with Crippen LogP contribution >= 0.6 is 39.1 Å². The summed E-state index contributed by atoms with van der Waals surface area (Å²) in [6, 6.07) is 5.58. The van der Waals surface area contributed by atoms with Gasteiger partial charge in [-0.2, -0.15) is 0 Å². The van der Waals surface area contributed by atoms with Crippen molar-refractivity contribution < 1.29 is 4.74 Å². The first-order valence-corrected chi connectivity index (χ1v) is 5.84. The molecule has 0 aliphatic heterocycles. The minimum absolute atomic E-state index is 0.261. The largest absolute Gasteiger partial charge is 0.488 e. The van der Waals surface area contributed by atoms with Crippen molar-refractivity contribution in [2.45, 2.75) is 6.54 Å². The first kappa shape index (κ1) is 12.8. The summed E-state index contributed by atoms with van der Waals surface area (Å²) >= 11 is 14.5. The van der Waals surface area contributed by atoms with Gasteiger partial charge >= 0.3 is 0 Å². The fourth-order valence-electron chi connectivity index (χ4n) is 0.981. The summed E-state index contributed by atoms with van der Waals surface area (Å²) in [5.74, 6) is 0.718. The molecule has 5 heteroatoms. The van der Waals surface area contributed by atoms with Crippen LogP contribution in [0.2, 0.25) is 0 Å². The zero-order chi connectivity index (χ0) is 11.3. The van der Waals surface area contributed by atoms with Crippen molar-refractivity contribution in [1.29, 1.82) is 0 Å². The molecule has 0 aliphatic carbocycles. The van der Waals surface area contributed by atoms with Gasteiger partial charge in [0.2, 0.25) is 0 Å². The lowest BCUT2D eigenvalue weighted by atomic mass is 10.2. The van der Waals surface area contributed by atoms with E-state index in [1.807, 2.05) is 18.2 Å². The monoisotopic (exact) mass is 309 g/mol. The summed E-state index contributed by atoms with van der Waals surface area (Å²) < 4.78 is 6.36. The van der Waals surface area contributed by atoms with Crippen LogP contribution in [0.15, 0.2) is 33.2 Å². The van der Waals surface area contributed by atoms with Gasteiger partial charge in [-0.15, -0.1) is 0 Å². The molecule has 15 heavy (non-hydrogen) atoms. The SMILES string of the molecule is NCc1cc(OC/C(Cl)=C/Cl)ccc1Br. The van der Waals surface area contributed by atoms with Crippen molar-refractivity contribution >= 4 is 39.1 Å². The van der Waals surface area contributed by atoms with Gasteiger partial charge in [-0.1, -0.05) is 39.1 Å². The Balaban J connectivity index is 2.70. The topological polar surface area (TPSA) is 35.2 Å². The van der Waals surface area contributed by atoms with Crippen LogP contribution in [-0.2, 0) is 6.54 Å². The van der Waals surface area contributed by atoms with Crippen LogP contribution in [0.1, 0.15) is 5.56 Å². The Morgan fingerprint density at radius 2 is 2.27 bits per heavy atom. The fraction of sp³-hybridized carbons (Fsp3) is 0.200. The summed E-state index contributed by atoms with van der Waals surface area (Å²) in [6.45, 7) is 0.716. The molecule has 1 aromatic rings. The van der Waals surface area contributed by atoms with Gasteiger partial charge in [0.25, 0.3) is 0 Å². The lowest BCUT2D eigenvalue weighted by Crippen LogP contribution is -2.00. The van der Waals surface area contributed by atoms with Crippen LogP contribution in [0.25, 0.3) is 0 Å². The summed E-state index contributed by atoms with van der Waals surface area (Å²) in [4.78, 5) is 0. The highest BCUT2D eigenvalue weighted by atomic mass is 79.9. The number of rotatable bonds is 4. The Bertz CT molecular complexity index is 368. The highest BCUT2D eigenvalue weighted by Gasteiger charge is 2.01. The third kappa shape index (κ3) is 4.03. The number of halogens is 3. The predicted molar refractivity (Wildman–Crippen MR) is 67.3 cm³/mol. The number of benzene rings is 1. The smallest absolute Gasteiger partial charge is 0.125 e. The van der Waals surface area contributed by atoms with Gasteiger partial charge in [0.05, 0.1) is 5.03 Å². The number of ether oxygens (including phenoxy) is 1.